The Kier molecular flexibility index (Phi) is 5.00. The van der Waals surface area contributed by atoms with Gasteiger partial charge in [0, 0.05) is 30.8 Å². The first kappa shape index (κ1) is 16.5. The van der Waals surface area contributed by atoms with Crippen LogP contribution in [0.3, 0.4) is 0 Å². The molecule has 1 aromatic heterocycles. The van der Waals surface area contributed by atoms with E-state index in [1.165, 1.54) is 4.90 Å². The first-order valence-corrected chi connectivity index (χ1v) is 7.28. The smallest absolute Gasteiger partial charge is 0.247 e. The van der Waals surface area contributed by atoms with E-state index in [-0.39, 0.29) is 18.4 Å². The highest BCUT2D eigenvalue weighted by Crippen LogP contribution is 2.18. The summed E-state index contributed by atoms with van der Waals surface area (Å²) < 4.78 is 1.55. The van der Waals surface area contributed by atoms with Crippen LogP contribution in [-0.4, -0.2) is 40.1 Å². The SMILES string of the molecule is Cc1ccc(N)cc1NC(=O)CN(C)C(=O)C(C)n1cccn1. The second kappa shape index (κ2) is 6.95. The Morgan fingerprint density at radius 1 is 1.43 bits per heavy atom. The molecule has 0 radical (unpaired) electrons. The summed E-state index contributed by atoms with van der Waals surface area (Å²) >= 11 is 0. The van der Waals surface area contributed by atoms with Gasteiger partial charge in [0.25, 0.3) is 0 Å². The number of rotatable bonds is 5. The van der Waals surface area contributed by atoms with Crippen molar-refractivity contribution in [1.29, 1.82) is 0 Å². The van der Waals surface area contributed by atoms with E-state index in [9.17, 15) is 9.59 Å². The zero-order valence-electron chi connectivity index (χ0n) is 13.5. The van der Waals surface area contributed by atoms with Crippen LogP contribution in [0.15, 0.2) is 36.7 Å². The van der Waals surface area contributed by atoms with Gasteiger partial charge in [-0.25, -0.2) is 0 Å². The summed E-state index contributed by atoms with van der Waals surface area (Å²) in [7, 11) is 1.59. The number of carbonyl (C=O) groups excluding carboxylic acids is 2. The Morgan fingerprint density at radius 2 is 2.17 bits per heavy atom. The number of nitrogens with two attached hydrogens (primary N) is 1. The van der Waals surface area contributed by atoms with Crippen molar-refractivity contribution < 1.29 is 9.59 Å². The average molecular weight is 315 g/mol. The highest BCUT2D eigenvalue weighted by molar-refractivity contribution is 5.95. The predicted octanol–water partition coefficient (Wildman–Crippen LogP) is 1.43. The minimum Gasteiger partial charge on any atom is -0.399 e. The molecule has 3 N–H and O–H groups in total. The zero-order valence-corrected chi connectivity index (χ0v) is 13.5. The van der Waals surface area contributed by atoms with Crippen LogP contribution in [0.4, 0.5) is 11.4 Å². The molecule has 1 unspecified atom stereocenters. The van der Waals surface area contributed by atoms with E-state index < -0.39 is 6.04 Å². The molecule has 1 atom stereocenters. The van der Waals surface area contributed by atoms with Gasteiger partial charge in [0.2, 0.25) is 11.8 Å². The minimum atomic E-state index is -0.461. The molecule has 0 bridgehead atoms. The number of hydrogen-bond acceptors (Lipinski definition) is 4. The molecule has 2 aromatic rings. The summed E-state index contributed by atoms with van der Waals surface area (Å²) in [6, 6.07) is 6.59. The molecule has 0 spiro atoms. The fourth-order valence-electron chi connectivity index (χ4n) is 2.20. The Labute approximate surface area is 135 Å². The van der Waals surface area contributed by atoms with Crippen LogP contribution in [0.5, 0.6) is 0 Å². The monoisotopic (exact) mass is 315 g/mol. The van der Waals surface area contributed by atoms with Crippen molar-refractivity contribution in [2.24, 2.45) is 0 Å². The lowest BCUT2D eigenvalue weighted by atomic mass is 10.2. The molecule has 7 heteroatoms. The number of nitrogens with one attached hydrogen (secondary N) is 1. The molecule has 0 aliphatic carbocycles. The van der Waals surface area contributed by atoms with Gasteiger partial charge in [0.05, 0.1) is 6.54 Å². The Morgan fingerprint density at radius 3 is 2.83 bits per heavy atom. The minimum absolute atomic E-state index is 0.0430. The summed E-state index contributed by atoms with van der Waals surface area (Å²) in [5, 5.41) is 6.82. The highest BCUT2D eigenvalue weighted by Gasteiger charge is 2.21. The molecule has 1 aromatic carbocycles. The average Bonchev–Trinajstić information content (AvgIpc) is 3.03. The van der Waals surface area contributed by atoms with E-state index in [2.05, 4.69) is 10.4 Å². The van der Waals surface area contributed by atoms with Crippen molar-refractivity contribution in [2.45, 2.75) is 19.9 Å². The summed E-state index contributed by atoms with van der Waals surface area (Å²) in [5.74, 6) is -0.463. The first-order valence-electron chi connectivity index (χ1n) is 7.28. The lowest BCUT2D eigenvalue weighted by Crippen LogP contribution is -2.38. The van der Waals surface area contributed by atoms with Gasteiger partial charge in [-0.3, -0.25) is 14.3 Å². The second-order valence-corrected chi connectivity index (χ2v) is 5.48. The van der Waals surface area contributed by atoms with Crippen LogP contribution in [0.2, 0.25) is 0 Å². The van der Waals surface area contributed by atoms with Crippen molar-refractivity contribution in [3.63, 3.8) is 0 Å². The van der Waals surface area contributed by atoms with E-state index >= 15 is 0 Å². The number of nitrogens with zero attached hydrogens (tertiary/aromatic N) is 3. The number of aromatic nitrogens is 2. The van der Waals surface area contributed by atoms with Gasteiger partial charge in [-0.05, 0) is 37.6 Å². The van der Waals surface area contributed by atoms with Crippen molar-refractivity contribution in [3.05, 3.63) is 42.2 Å². The molecule has 23 heavy (non-hydrogen) atoms. The maximum atomic E-state index is 12.3. The largest absolute Gasteiger partial charge is 0.399 e. The summed E-state index contributed by atoms with van der Waals surface area (Å²) in [6.07, 6.45) is 3.33. The van der Waals surface area contributed by atoms with Crippen LogP contribution < -0.4 is 11.1 Å². The standard InChI is InChI=1S/C16H21N5O2/c1-11-5-6-13(17)9-14(11)19-15(22)10-20(3)16(23)12(2)21-8-4-7-18-21/h4-9,12H,10,17H2,1-3H3,(H,19,22). The quantitative estimate of drug-likeness (QED) is 0.816. The molecule has 2 rings (SSSR count). The molecule has 0 aliphatic heterocycles. The lowest BCUT2D eigenvalue weighted by Gasteiger charge is -2.21. The maximum Gasteiger partial charge on any atom is 0.247 e. The normalized spacial score (nSPS) is 11.8. The summed E-state index contributed by atoms with van der Waals surface area (Å²) in [6.45, 7) is 3.58. The van der Waals surface area contributed by atoms with Crippen LogP contribution in [0, 0.1) is 6.92 Å². The molecule has 1 heterocycles. The number of anilines is 2. The third-order valence-corrected chi connectivity index (χ3v) is 3.57. The van der Waals surface area contributed by atoms with Gasteiger partial charge in [-0.1, -0.05) is 6.07 Å². The third-order valence-electron chi connectivity index (χ3n) is 3.57. The fourth-order valence-corrected chi connectivity index (χ4v) is 2.20. The number of amides is 2. The molecular weight excluding hydrogens is 294 g/mol. The number of nitrogen functional groups attached to an aromatic ring is 1. The second-order valence-electron chi connectivity index (χ2n) is 5.48. The number of benzene rings is 1. The van der Waals surface area contributed by atoms with Crippen molar-refractivity contribution in [1.82, 2.24) is 14.7 Å². The Hall–Kier alpha value is -2.83. The molecule has 0 fully saturated rings. The van der Waals surface area contributed by atoms with E-state index in [4.69, 9.17) is 5.73 Å². The number of likely N-dealkylation sites (N-methyl/N-ethyl adjacent to an activating group) is 1. The summed E-state index contributed by atoms with van der Waals surface area (Å²) in [4.78, 5) is 25.8. The molecule has 2 amide bonds. The fraction of sp³-hybridized carbons (Fsp3) is 0.312. The van der Waals surface area contributed by atoms with Crippen molar-refractivity contribution in [3.8, 4) is 0 Å². The zero-order chi connectivity index (χ0) is 17.0. The van der Waals surface area contributed by atoms with Crippen LogP contribution in [0.1, 0.15) is 18.5 Å². The van der Waals surface area contributed by atoms with Crippen LogP contribution >= 0.6 is 0 Å². The third kappa shape index (κ3) is 4.09. The van der Waals surface area contributed by atoms with E-state index in [1.54, 1.807) is 49.2 Å². The first-order chi connectivity index (χ1) is 10.9. The van der Waals surface area contributed by atoms with Gasteiger partial charge in [-0.15, -0.1) is 0 Å². The molecule has 122 valence electrons. The van der Waals surface area contributed by atoms with Crippen molar-refractivity contribution >= 4 is 23.2 Å². The Bertz CT molecular complexity index is 697. The van der Waals surface area contributed by atoms with Crippen molar-refractivity contribution in [2.75, 3.05) is 24.6 Å². The summed E-state index contributed by atoms with van der Waals surface area (Å²) in [5.41, 5.74) is 7.85. The van der Waals surface area contributed by atoms with Gasteiger partial charge in [0.15, 0.2) is 0 Å². The molecule has 7 nitrogen and oxygen atoms in total. The van der Waals surface area contributed by atoms with Gasteiger partial charge >= 0.3 is 0 Å². The molecule has 0 saturated heterocycles. The van der Waals surface area contributed by atoms with Gasteiger partial charge in [0.1, 0.15) is 6.04 Å². The number of hydrogen-bond donors (Lipinski definition) is 2. The number of carbonyl (C=O) groups is 2. The number of aryl methyl sites for hydroxylation is 1. The highest BCUT2D eigenvalue weighted by atomic mass is 16.2. The maximum absolute atomic E-state index is 12.3. The van der Waals surface area contributed by atoms with Crippen LogP contribution in [0.25, 0.3) is 0 Å². The van der Waals surface area contributed by atoms with Gasteiger partial charge in [-0.2, -0.15) is 5.10 Å². The lowest BCUT2D eigenvalue weighted by molar-refractivity contribution is -0.136. The van der Waals surface area contributed by atoms with Gasteiger partial charge < -0.3 is 16.0 Å². The molecular formula is C16H21N5O2. The Balaban J connectivity index is 1.96. The van der Waals surface area contributed by atoms with Crippen LogP contribution in [-0.2, 0) is 9.59 Å². The topological polar surface area (TPSA) is 93.3 Å². The van der Waals surface area contributed by atoms with E-state index in [1.807, 2.05) is 13.0 Å². The van der Waals surface area contributed by atoms with E-state index in [0.29, 0.717) is 11.4 Å². The molecule has 0 aliphatic rings. The predicted molar refractivity (Wildman–Crippen MR) is 88.8 cm³/mol. The van der Waals surface area contributed by atoms with E-state index in [0.717, 1.165) is 5.56 Å². The molecule has 0 saturated carbocycles.